The average molecular weight is 501 g/mol. The van der Waals surface area contributed by atoms with Crippen molar-refractivity contribution >= 4 is 16.6 Å². The Hall–Kier alpha value is -3.27. The Kier molecular flexibility index (Phi) is 6.14. The predicted molar refractivity (Wildman–Crippen MR) is 155 cm³/mol. The van der Waals surface area contributed by atoms with Gasteiger partial charge in [-0.1, -0.05) is 91.0 Å². The number of benzene rings is 4. The zero-order valence-corrected chi connectivity index (χ0v) is 22.1. The first-order valence-electron chi connectivity index (χ1n) is 14.3. The molecule has 0 aromatic heterocycles. The molecule has 0 saturated carbocycles. The number of likely N-dealkylation sites (tertiary alicyclic amines) is 2. The van der Waals surface area contributed by atoms with Gasteiger partial charge in [0.25, 0.3) is 0 Å². The Bertz CT molecular complexity index is 1450. The molecule has 4 aromatic rings. The normalized spacial score (nSPS) is 23.3. The number of hydrogen-bond donors (Lipinski definition) is 0. The van der Waals surface area contributed by atoms with Crippen molar-refractivity contribution in [2.45, 2.75) is 37.1 Å². The standard InChI is InChI=1S/C35H36N2O/c38-34-21-35(33-13-7-6-12-31(33)34)16-18-36(19-17-35)23-30-24-37(25-32(30)28-9-2-1-3-10-28)22-26-14-15-27-8-4-5-11-29(27)20-26/h1-15,20,30,32H,16-19,21-25H2. The number of fused-ring (bicyclic) bond motifs is 3. The quantitative estimate of drug-likeness (QED) is 0.306. The molecule has 7 rings (SSSR count). The van der Waals surface area contributed by atoms with Crippen LogP contribution >= 0.6 is 0 Å². The second kappa shape index (κ2) is 9.80. The fourth-order valence-corrected chi connectivity index (χ4v) is 7.58. The van der Waals surface area contributed by atoms with Crippen LogP contribution < -0.4 is 0 Å². The molecular formula is C35H36N2O. The van der Waals surface area contributed by atoms with Crippen molar-refractivity contribution in [3.8, 4) is 0 Å². The summed E-state index contributed by atoms with van der Waals surface area (Å²) in [6, 6.07) is 35.1. The fourth-order valence-electron chi connectivity index (χ4n) is 7.58. The van der Waals surface area contributed by atoms with Crippen LogP contribution in [0.4, 0.5) is 0 Å². The van der Waals surface area contributed by atoms with Crippen molar-refractivity contribution in [3.63, 3.8) is 0 Å². The zero-order valence-electron chi connectivity index (χ0n) is 22.1. The average Bonchev–Trinajstić information content (AvgIpc) is 3.48. The SMILES string of the molecule is O=C1CC2(CCN(CC3CN(Cc4ccc5ccccc5c4)CC3c3ccccc3)CC2)c2ccccc21. The number of hydrogen-bond acceptors (Lipinski definition) is 3. The summed E-state index contributed by atoms with van der Waals surface area (Å²) in [5.41, 5.74) is 5.24. The Labute approximate surface area is 226 Å². The molecule has 1 spiro atoms. The van der Waals surface area contributed by atoms with Crippen molar-refractivity contribution in [3.05, 3.63) is 119 Å². The van der Waals surface area contributed by atoms with Gasteiger partial charge in [0, 0.05) is 49.5 Å². The lowest BCUT2D eigenvalue weighted by atomic mass is 9.73. The summed E-state index contributed by atoms with van der Waals surface area (Å²) in [6.45, 7) is 6.57. The molecule has 0 N–H and O–H groups in total. The topological polar surface area (TPSA) is 23.6 Å². The molecular weight excluding hydrogens is 464 g/mol. The van der Waals surface area contributed by atoms with Gasteiger partial charge in [0.15, 0.2) is 5.78 Å². The third kappa shape index (κ3) is 4.38. The van der Waals surface area contributed by atoms with E-state index in [1.165, 1.54) is 27.5 Å². The maximum absolute atomic E-state index is 12.7. The number of rotatable bonds is 5. The van der Waals surface area contributed by atoms with Crippen LogP contribution in [0.3, 0.4) is 0 Å². The molecule has 0 bridgehead atoms. The van der Waals surface area contributed by atoms with E-state index in [2.05, 4.69) is 94.7 Å². The highest BCUT2D eigenvalue weighted by molar-refractivity contribution is 6.02. The Morgan fingerprint density at radius 2 is 1.47 bits per heavy atom. The molecule has 2 atom stereocenters. The number of ketones is 1. The van der Waals surface area contributed by atoms with Crippen LogP contribution in [0.5, 0.6) is 0 Å². The number of nitrogens with zero attached hydrogens (tertiary/aromatic N) is 2. The van der Waals surface area contributed by atoms with Gasteiger partial charge in [-0.05, 0) is 65.4 Å². The summed E-state index contributed by atoms with van der Waals surface area (Å²) in [7, 11) is 0. The lowest BCUT2D eigenvalue weighted by Crippen LogP contribution is -2.44. The molecule has 3 heteroatoms. The van der Waals surface area contributed by atoms with Gasteiger partial charge in [-0.3, -0.25) is 9.69 Å². The highest BCUT2D eigenvalue weighted by Gasteiger charge is 2.45. The molecule has 2 saturated heterocycles. The lowest BCUT2D eigenvalue weighted by molar-refractivity contribution is 0.0922. The summed E-state index contributed by atoms with van der Waals surface area (Å²) in [5, 5.41) is 2.64. The summed E-state index contributed by atoms with van der Waals surface area (Å²) >= 11 is 0. The first-order valence-corrected chi connectivity index (χ1v) is 14.3. The molecule has 2 fully saturated rings. The summed E-state index contributed by atoms with van der Waals surface area (Å²) in [5.74, 6) is 1.52. The number of Topliss-reactive ketones (excluding diaryl/α,β-unsaturated/α-hetero) is 1. The highest BCUT2D eigenvalue weighted by Crippen LogP contribution is 2.46. The van der Waals surface area contributed by atoms with Gasteiger partial charge in [-0.2, -0.15) is 0 Å². The third-order valence-corrected chi connectivity index (χ3v) is 9.57. The van der Waals surface area contributed by atoms with E-state index in [0.29, 0.717) is 24.0 Å². The third-order valence-electron chi connectivity index (χ3n) is 9.57. The molecule has 3 aliphatic rings. The molecule has 2 aliphatic heterocycles. The molecule has 2 unspecified atom stereocenters. The molecule has 0 radical (unpaired) electrons. The molecule has 0 amide bonds. The number of carbonyl (C=O) groups is 1. The highest BCUT2D eigenvalue weighted by atomic mass is 16.1. The van der Waals surface area contributed by atoms with E-state index in [1.54, 1.807) is 0 Å². The van der Waals surface area contributed by atoms with Crippen LogP contribution in [0.1, 0.15) is 52.2 Å². The maximum Gasteiger partial charge on any atom is 0.164 e. The molecule has 192 valence electrons. The van der Waals surface area contributed by atoms with Gasteiger partial charge in [0.2, 0.25) is 0 Å². The molecule has 2 heterocycles. The van der Waals surface area contributed by atoms with Crippen molar-refractivity contribution < 1.29 is 4.79 Å². The van der Waals surface area contributed by atoms with Gasteiger partial charge in [0.1, 0.15) is 0 Å². The van der Waals surface area contributed by atoms with Crippen LogP contribution in [-0.4, -0.2) is 48.3 Å². The molecule has 1 aliphatic carbocycles. The van der Waals surface area contributed by atoms with E-state index in [4.69, 9.17) is 0 Å². The van der Waals surface area contributed by atoms with E-state index >= 15 is 0 Å². The van der Waals surface area contributed by atoms with Crippen LogP contribution in [0.2, 0.25) is 0 Å². The van der Waals surface area contributed by atoms with Crippen LogP contribution in [0, 0.1) is 5.92 Å². The minimum Gasteiger partial charge on any atom is -0.303 e. The summed E-state index contributed by atoms with van der Waals surface area (Å²) < 4.78 is 0. The minimum absolute atomic E-state index is 0.0702. The van der Waals surface area contributed by atoms with Gasteiger partial charge >= 0.3 is 0 Å². The van der Waals surface area contributed by atoms with Crippen LogP contribution in [0.25, 0.3) is 10.8 Å². The fraction of sp³-hybridized carbons (Fsp3) is 0.343. The summed E-state index contributed by atoms with van der Waals surface area (Å²) in [4.78, 5) is 18.1. The second-order valence-corrected chi connectivity index (χ2v) is 11.9. The monoisotopic (exact) mass is 500 g/mol. The first-order chi connectivity index (χ1) is 18.7. The number of piperidine rings is 1. The van der Waals surface area contributed by atoms with Gasteiger partial charge < -0.3 is 4.90 Å². The Balaban J connectivity index is 1.06. The lowest BCUT2D eigenvalue weighted by Gasteiger charge is -2.41. The van der Waals surface area contributed by atoms with E-state index in [9.17, 15) is 4.79 Å². The van der Waals surface area contributed by atoms with Crippen molar-refractivity contribution in [1.82, 2.24) is 9.80 Å². The van der Waals surface area contributed by atoms with Crippen molar-refractivity contribution in [1.29, 1.82) is 0 Å². The first kappa shape index (κ1) is 23.8. The van der Waals surface area contributed by atoms with Crippen LogP contribution in [-0.2, 0) is 12.0 Å². The minimum atomic E-state index is 0.0702. The number of carbonyl (C=O) groups excluding carboxylic acids is 1. The van der Waals surface area contributed by atoms with E-state index in [0.717, 1.165) is 57.7 Å². The smallest absolute Gasteiger partial charge is 0.164 e. The predicted octanol–water partition coefficient (Wildman–Crippen LogP) is 6.68. The van der Waals surface area contributed by atoms with Crippen molar-refractivity contribution in [2.24, 2.45) is 5.92 Å². The summed E-state index contributed by atoms with van der Waals surface area (Å²) in [6.07, 6.45) is 2.90. The van der Waals surface area contributed by atoms with E-state index < -0.39 is 0 Å². The molecule has 38 heavy (non-hydrogen) atoms. The zero-order chi connectivity index (χ0) is 25.5. The Morgan fingerprint density at radius 1 is 0.737 bits per heavy atom. The maximum atomic E-state index is 12.7. The Morgan fingerprint density at radius 3 is 2.32 bits per heavy atom. The van der Waals surface area contributed by atoms with E-state index in [-0.39, 0.29) is 5.41 Å². The van der Waals surface area contributed by atoms with Gasteiger partial charge in [0.05, 0.1) is 0 Å². The van der Waals surface area contributed by atoms with Gasteiger partial charge in [-0.25, -0.2) is 0 Å². The molecule has 3 nitrogen and oxygen atoms in total. The largest absolute Gasteiger partial charge is 0.303 e. The molecule has 4 aromatic carbocycles. The second-order valence-electron chi connectivity index (χ2n) is 11.9. The van der Waals surface area contributed by atoms with E-state index in [1.807, 2.05) is 12.1 Å². The van der Waals surface area contributed by atoms with Crippen molar-refractivity contribution in [2.75, 3.05) is 32.7 Å². The van der Waals surface area contributed by atoms with Crippen LogP contribution in [0.15, 0.2) is 97.1 Å². The van der Waals surface area contributed by atoms with Gasteiger partial charge in [-0.15, -0.1) is 0 Å².